The highest BCUT2D eigenvalue weighted by molar-refractivity contribution is 5.03. The van der Waals surface area contributed by atoms with Gasteiger partial charge in [-0.05, 0) is 24.8 Å². The molecule has 1 aliphatic heterocycles. The van der Waals surface area contributed by atoms with Gasteiger partial charge in [0.25, 0.3) is 0 Å². The molecule has 70 valence electrons. The van der Waals surface area contributed by atoms with Gasteiger partial charge in [0, 0.05) is 0 Å². The van der Waals surface area contributed by atoms with E-state index in [-0.39, 0.29) is 0 Å². The number of hydrogen-bond acceptors (Lipinski definition) is 2. The summed E-state index contributed by atoms with van der Waals surface area (Å²) < 4.78 is 5.37. The third kappa shape index (κ3) is 2.24. The fraction of sp³-hybridized carbons (Fsp3) is 0.800. The Balaban J connectivity index is 2.49. The van der Waals surface area contributed by atoms with Crippen LogP contribution in [0.5, 0.6) is 0 Å². The summed E-state index contributed by atoms with van der Waals surface area (Å²) >= 11 is 0. The van der Waals surface area contributed by atoms with Crippen LogP contribution in [0.25, 0.3) is 0 Å². The first-order valence-corrected chi connectivity index (χ1v) is 4.76. The second-order valence-corrected chi connectivity index (χ2v) is 3.43. The van der Waals surface area contributed by atoms with Crippen LogP contribution < -0.4 is 0 Å². The van der Waals surface area contributed by atoms with Gasteiger partial charge < -0.3 is 9.84 Å². The molecule has 12 heavy (non-hydrogen) atoms. The van der Waals surface area contributed by atoms with Gasteiger partial charge in [0.1, 0.15) is 11.9 Å². The summed E-state index contributed by atoms with van der Waals surface area (Å²) in [5.74, 6) is 1.09. The van der Waals surface area contributed by atoms with E-state index >= 15 is 0 Å². The highest BCUT2D eigenvalue weighted by atomic mass is 16.5. The average molecular weight is 170 g/mol. The van der Waals surface area contributed by atoms with E-state index in [1.165, 1.54) is 0 Å². The van der Waals surface area contributed by atoms with Crippen molar-refractivity contribution in [2.24, 2.45) is 5.92 Å². The maximum absolute atomic E-state index is 9.75. The molecule has 2 nitrogen and oxygen atoms in total. The van der Waals surface area contributed by atoms with Crippen molar-refractivity contribution in [2.45, 2.75) is 39.2 Å². The van der Waals surface area contributed by atoms with E-state index in [0.717, 1.165) is 31.6 Å². The van der Waals surface area contributed by atoms with Gasteiger partial charge in [-0.1, -0.05) is 20.3 Å². The van der Waals surface area contributed by atoms with Crippen LogP contribution in [0.1, 0.15) is 33.1 Å². The lowest BCUT2D eigenvalue weighted by Gasteiger charge is -2.23. The minimum absolute atomic E-state index is 0.300. The lowest BCUT2D eigenvalue weighted by molar-refractivity contribution is 0.0590. The smallest absolute Gasteiger partial charge is 0.121 e. The first-order chi connectivity index (χ1) is 5.75. The molecule has 1 aliphatic rings. The van der Waals surface area contributed by atoms with Gasteiger partial charge in [-0.25, -0.2) is 0 Å². The fourth-order valence-electron chi connectivity index (χ4n) is 1.29. The summed E-state index contributed by atoms with van der Waals surface area (Å²) in [7, 11) is 0. The minimum atomic E-state index is -0.393. The van der Waals surface area contributed by atoms with Crippen LogP contribution in [0.3, 0.4) is 0 Å². The SMILES string of the molecule is CCC(C)C(O)C1=CCCCO1. The van der Waals surface area contributed by atoms with Crippen molar-refractivity contribution in [2.75, 3.05) is 6.61 Å². The molecule has 2 heteroatoms. The summed E-state index contributed by atoms with van der Waals surface area (Å²) in [5.41, 5.74) is 0. The molecule has 2 atom stereocenters. The summed E-state index contributed by atoms with van der Waals surface area (Å²) in [6.45, 7) is 4.89. The van der Waals surface area contributed by atoms with E-state index in [4.69, 9.17) is 4.74 Å². The van der Waals surface area contributed by atoms with E-state index in [9.17, 15) is 5.11 Å². The number of hydrogen-bond donors (Lipinski definition) is 1. The van der Waals surface area contributed by atoms with E-state index in [2.05, 4.69) is 6.92 Å². The first-order valence-electron chi connectivity index (χ1n) is 4.76. The van der Waals surface area contributed by atoms with Gasteiger partial charge >= 0.3 is 0 Å². The normalized spacial score (nSPS) is 22.4. The molecule has 0 spiro atoms. The molecule has 0 aliphatic carbocycles. The summed E-state index contributed by atoms with van der Waals surface area (Å²) in [5, 5.41) is 9.75. The van der Waals surface area contributed by atoms with E-state index in [0.29, 0.717) is 5.92 Å². The van der Waals surface area contributed by atoms with Crippen molar-refractivity contribution >= 4 is 0 Å². The summed E-state index contributed by atoms with van der Waals surface area (Å²) in [4.78, 5) is 0. The lowest BCUT2D eigenvalue weighted by atomic mass is 9.99. The monoisotopic (exact) mass is 170 g/mol. The molecule has 1 heterocycles. The van der Waals surface area contributed by atoms with Crippen molar-refractivity contribution in [3.8, 4) is 0 Å². The van der Waals surface area contributed by atoms with Gasteiger partial charge in [-0.3, -0.25) is 0 Å². The zero-order chi connectivity index (χ0) is 8.97. The molecule has 0 radical (unpaired) electrons. The van der Waals surface area contributed by atoms with Gasteiger partial charge in [0.05, 0.1) is 6.61 Å². The topological polar surface area (TPSA) is 29.5 Å². The Morgan fingerprint density at radius 1 is 1.67 bits per heavy atom. The third-order valence-electron chi connectivity index (χ3n) is 2.44. The molecule has 0 saturated carbocycles. The van der Waals surface area contributed by atoms with Crippen LogP contribution >= 0.6 is 0 Å². The third-order valence-corrected chi connectivity index (χ3v) is 2.44. The van der Waals surface area contributed by atoms with Gasteiger partial charge in [-0.2, -0.15) is 0 Å². The van der Waals surface area contributed by atoms with Crippen LogP contribution in [-0.4, -0.2) is 17.8 Å². The van der Waals surface area contributed by atoms with E-state index in [1.807, 2.05) is 13.0 Å². The van der Waals surface area contributed by atoms with Crippen LogP contribution in [0.2, 0.25) is 0 Å². The molecule has 0 amide bonds. The van der Waals surface area contributed by atoms with E-state index in [1.54, 1.807) is 0 Å². The molecule has 0 aromatic heterocycles. The molecule has 1 N–H and O–H groups in total. The van der Waals surface area contributed by atoms with Crippen molar-refractivity contribution in [3.63, 3.8) is 0 Å². The van der Waals surface area contributed by atoms with Crippen LogP contribution in [0.4, 0.5) is 0 Å². The number of aliphatic hydroxyl groups is 1. The van der Waals surface area contributed by atoms with Gasteiger partial charge in [-0.15, -0.1) is 0 Å². The van der Waals surface area contributed by atoms with Gasteiger partial charge in [0.15, 0.2) is 0 Å². The lowest BCUT2D eigenvalue weighted by Crippen LogP contribution is -2.23. The largest absolute Gasteiger partial charge is 0.495 e. The molecule has 0 bridgehead atoms. The van der Waals surface area contributed by atoms with Crippen molar-refractivity contribution in [1.82, 2.24) is 0 Å². The zero-order valence-corrected chi connectivity index (χ0v) is 7.92. The highest BCUT2D eigenvalue weighted by Crippen LogP contribution is 2.20. The van der Waals surface area contributed by atoms with E-state index < -0.39 is 6.10 Å². The Morgan fingerprint density at radius 3 is 2.92 bits per heavy atom. The Morgan fingerprint density at radius 2 is 2.42 bits per heavy atom. The predicted molar refractivity (Wildman–Crippen MR) is 48.7 cm³/mol. The zero-order valence-electron chi connectivity index (χ0n) is 7.92. The molecule has 0 fully saturated rings. The Labute approximate surface area is 74.2 Å². The standard InChI is InChI=1S/C10H18O2/c1-3-8(2)10(11)9-6-4-5-7-12-9/h6,8,10-11H,3-5,7H2,1-2H3. The Hall–Kier alpha value is -0.500. The molecular formula is C10H18O2. The van der Waals surface area contributed by atoms with Crippen LogP contribution in [-0.2, 0) is 4.74 Å². The minimum Gasteiger partial charge on any atom is -0.495 e. The first kappa shape index (κ1) is 9.59. The summed E-state index contributed by atoms with van der Waals surface area (Å²) in [6.07, 6.45) is 4.73. The number of rotatable bonds is 3. The number of ether oxygens (including phenoxy) is 1. The summed E-state index contributed by atoms with van der Waals surface area (Å²) in [6, 6.07) is 0. The van der Waals surface area contributed by atoms with Crippen molar-refractivity contribution in [3.05, 3.63) is 11.8 Å². The van der Waals surface area contributed by atoms with Crippen LogP contribution in [0, 0.1) is 5.92 Å². The Bertz CT molecular complexity index is 163. The predicted octanol–water partition coefficient (Wildman–Crippen LogP) is 2.09. The molecule has 0 aromatic rings. The Kier molecular flexibility index (Phi) is 3.60. The maximum Gasteiger partial charge on any atom is 0.121 e. The molecule has 0 saturated heterocycles. The average Bonchev–Trinajstić information content (AvgIpc) is 2.17. The molecule has 1 rings (SSSR count). The number of aliphatic hydroxyl groups excluding tert-OH is 1. The highest BCUT2D eigenvalue weighted by Gasteiger charge is 2.19. The molecule has 0 aromatic carbocycles. The molecule has 2 unspecified atom stereocenters. The van der Waals surface area contributed by atoms with Gasteiger partial charge in [0.2, 0.25) is 0 Å². The maximum atomic E-state index is 9.75. The van der Waals surface area contributed by atoms with Crippen molar-refractivity contribution in [1.29, 1.82) is 0 Å². The molecular weight excluding hydrogens is 152 g/mol. The second-order valence-electron chi connectivity index (χ2n) is 3.43. The second kappa shape index (κ2) is 4.51. The number of allylic oxidation sites excluding steroid dienone is 1. The van der Waals surface area contributed by atoms with Crippen molar-refractivity contribution < 1.29 is 9.84 Å². The van der Waals surface area contributed by atoms with Crippen LogP contribution in [0.15, 0.2) is 11.8 Å². The fourth-order valence-corrected chi connectivity index (χ4v) is 1.29. The quantitative estimate of drug-likeness (QED) is 0.702.